The van der Waals surface area contributed by atoms with Crippen molar-refractivity contribution in [1.82, 2.24) is 5.43 Å². The monoisotopic (exact) mass is 522 g/mol. The van der Waals surface area contributed by atoms with Gasteiger partial charge in [-0.15, -0.1) is 0 Å². The van der Waals surface area contributed by atoms with Crippen LogP contribution >= 0.6 is 59.4 Å². The number of rotatable bonds is 3. The summed E-state index contributed by atoms with van der Waals surface area (Å²) in [5.41, 5.74) is 4.30. The van der Waals surface area contributed by atoms with Crippen LogP contribution in [0.3, 0.4) is 0 Å². The van der Waals surface area contributed by atoms with E-state index in [2.05, 4.69) is 58.3 Å². The minimum Gasteiger partial charge on any atom is -0.506 e. The molecule has 0 aliphatic rings. The standard InChI is InChI=1S/C15H10Br3ClN2O2/c1-7-2-3-8(12(19)4-7)15(23)21-20-6-9-10(16)5-11(17)14(22)13(9)18/h2-6,22H,1H3,(H,21,23)/b20-6-. The summed E-state index contributed by atoms with van der Waals surface area (Å²) in [6.07, 6.45) is 1.42. The van der Waals surface area contributed by atoms with Crippen LogP contribution in [0.5, 0.6) is 5.75 Å². The first-order chi connectivity index (χ1) is 10.8. The van der Waals surface area contributed by atoms with Crippen molar-refractivity contribution >= 4 is 71.5 Å². The second-order valence-electron chi connectivity index (χ2n) is 4.60. The molecule has 4 nitrogen and oxygen atoms in total. The van der Waals surface area contributed by atoms with Gasteiger partial charge in [-0.2, -0.15) is 5.10 Å². The molecule has 0 aliphatic carbocycles. The van der Waals surface area contributed by atoms with Crippen molar-refractivity contribution in [2.24, 2.45) is 5.10 Å². The molecule has 2 N–H and O–H groups in total. The maximum atomic E-state index is 12.1. The minimum absolute atomic E-state index is 0.0440. The minimum atomic E-state index is -0.417. The SMILES string of the molecule is Cc1ccc(C(=O)N/N=C\c2c(Br)cc(Br)c(O)c2Br)c(Cl)c1. The average Bonchev–Trinajstić information content (AvgIpc) is 2.48. The van der Waals surface area contributed by atoms with E-state index in [0.29, 0.717) is 29.6 Å². The Morgan fingerprint density at radius 3 is 2.61 bits per heavy atom. The third-order valence-electron chi connectivity index (χ3n) is 2.91. The highest BCUT2D eigenvalue weighted by atomic mass is 79.9. The lowest BCUT2D eigenvalue weighted by Gasteiger charge is -2.07. The van der Waals surface area contributed by atoms with Gasteiger partial charge in [-0.1, -0.05) is 33.6 Å². The first kappa shape index (κ1) is 18.4. The number of hydrogen-bond acceptors (Lipinski definition) is 3. The first-order valence-electron chi connectivity index (χ1n) is 6.27. The third kappa shape index (κ3) is 4.35. The molecular weight excluding hydrogens is 515 g/mol. The lowest BCUT2D eigenvalue weighted by atomic mass is 10.1. The van der Waals surface area contributed by atoms with E-state index in [4.69, 9.17) is 11.6 Å². The van der Waals surface area contributed by atoms with Gasteiger partial charge >= 0.3 is 0 Å². The molecule has 1 amide bonds. The maximum Gasteiger partial charge on any atom is 0.272 e. The second-order valence-corrected chi connectivity index (χ2v) is 7.51. The normalized spacial score (nSPS) is 11.0. The number of nitrogens with zero attached hydrogens (tertiary/aromatic N) is 1. The van der Waals surface area contributed by atoms with Gasteiger partial charge in [-0.25, -0.2) is 5.43 Å². The molecule has 0 spiro atoms. The van der Waals surface area contributed by atoms with Gasteiger partial charge in [0.05, 0.1) is 25.7 Å². The van der Waals surface area contributed by atoms with Crippen molar-refractivity contribution in [3.63, 3.8) is 0 Å². The summed E-state index contributed by atoms with van der Waals surface area (Å²) in [5.74, 6) is -0.373. The Kier molecular flexibility index (Phi) is 6.25. The molecule has 8 heteroatoms. The van der Waals surface area contributed by atoms with Gasteiger partial charge in [-0.3, -0.25) is 4.79 Å². The number of aryl methyl sites for hydroxylation is 1. The van der Waals surface area contributed by atoms with Crippen molar-refractivity contribution in [3.8, 4) is 5.75 Å². The number of carbonyl (C=O) groups excluding carboxylic acids is 1. The fraction of sp³-hybridized carbons (Fsp3) is 0.0667. The van der Waals surface area contributed by atoms with Crippen LogP contribution in [0.1, 0.15) is 21.5 Å². The zero-order chi connectivity index (χ0) is 17.1. The van der Waals surface area contributed by atoms with Crippen LogP contribution in [0.4, 0.5) is 0 Å². The van der Waals surface area contributed by atoms with Gasteiger partial charge < -0.3 is 5.11 Å². The molecule has 0 aliphatic heterocycles. The zero-order valence-electron chi connectivity index (χ0n) is 11.7. The van der Waals surface area contributed by atoms with Crippen molar-refractivity contribution in [2.75, 3.05) is 0 Å². The highest BCUT2D eigenvalue weighted by molar-refractivity contribution is 9.11. The Morgan fingerprint density at radius 2 is 1.96 bits per heavy atom. The summed E-state index contributed by atoms with van der Waals surface area (Å²) in [5, 5.41) is 14.1. The van der Waals surface area contributed by atoms with Crippen molar-refractivity contribution in [3.05, 3.63) is 59.4 Å². The quantitative estimate of drug-likeness (QED) is 0.416. The van der Waals surface area contributed by atoms with Gasteiger partial charge in [0.1, 0.15) is 5.75 Å². The number of phenolic OH excluding ortho intramolecular Hbond substituents is 1. The van der Waals surface area contributed by atoms with Crippen LogP contribution in [0.25, 0.3) is 0 Å². The van der Waals surface area contributed by atoms with E-state index >= 15 is 0 Å². The van der Waals surface area contributed by atoms with Crippen molar-refractivity contribution < 1.29 is 9.90 Å². The molecule has 0 heterocycles. The summed E-state index contributed by atoms with van der Waals surface area (Å²) < 4.78 is 1.68. The smallest absolute Gasteiger partial charge is 0.272 e. The maximum absolute atomic E-state index is 12.1. The lowest BCUT2D eigenvalue weighted by molar-refractivity contribution is 0.0955. The molecule has 0 unspecified atom stereocenters. The fourth-order valence-electron chi connectivity index (χ4n) is 1.73. The van der Waals surface area contributed by atoms with Crippen molar-refractivity contribution in [2.45, 2.75) is 6.92 Å². The molecule has 23 heavy (non-hydrogen) atoms. The number of nitrogens with one attached hydrogen (secondary N) is 1. The molecule has 0 fully saturated rings. The molecule has 0 saturated heterocycles. The van der Waals surface area contributed by atoms with Crippen LogP contribution in [0.2, 0.25) is 5.02 Å². The number of aromatic hydroxyl groups is 1. The molecular formula is C15H10Br3ClN2O2. The molecule has 0 aromatic heterocycles. The highest BCUT2D eigenvalue weighted by Gasteiger charge is 2.13. The number of carbonyl (C=O) groups is 1. The molecule has 0 atom stereocenters. The van der Waals surface area contributed by atoms with E-state index < -0.39 is 5.91 Å². The molecule has 120 valence electrons. The van der Waals surface area contributed by atoms with Gasteiger partial charge in [-0.05, 0) is 62.5 Å². The van der Waals surface area contributed by atoms with E-state index in [9.17, 15) is 9.90 Å². The molecule has 2 aromatic rings. The first-order valence-corrected chi connectivity index (χ1v) is 9.03. The number of amides is 1. The van der Waals surface area contributed by atoms with E-state index in [1.165, 1.54) is 6.21 Å². The average molecular weight is 525 g/mol. The zero-order valence-corrected chi connectivity index (χ0v) is 17.2. The fourth-order valence-corrected chi connectivity index (χ4v) is 4.38. The molecule has 0 bridgehead atoms. The molecule has 2 aromatic carbocycles. The summed E-state index contributed by atoms with van der Waals surface area (Å²) in [6.45, 7) is 1.89. The summed E-state index contributed by atoms with van der Waals surface area (Å²) in [7, 11) is 0. The Hall–Kier alpha value is -0.890. The van der Waals surface area contributed by atoms with Crippen LogP contribution in [-0.4, -0.2) is 17.2 Å². The van der Waals surface area contributed by atoms with Gasteiger partial charge in [0.15, 0.2) is 0 Å². The predicted molar refractivity (Wildman–Crippen MR) is 102 cm³/mol. The number of halogens is 4. The third-order valence-corrected chi connectivity index (χ3v) is 5.29. The largest absolute Gasteiger partial charge is 0.506 e. The number of benzene rings is 2. The molecule has 0 radical (unpaired) electrons. The van der Waals surface area contributed by atoms with Crippen LogP contribution in [0, 0.1) is 6.92 Å². The molecule has 2 rings (SSSR count). The van der Waals surface area contributed by atoms with E-state index in [1.807, 2.05) is 6.92 Å². The Labute approximate surface area is 163 Å². The van der Waals surface area contributed by atoms with Gasteiger partial charge in [0, 0.05) is 10.0 Å². The van der Waals surface area contributed by atoms with Crippen LogP contribution < -0.4 is 5.43 Å². The van der Waals surface area contributed by atoms with E-state index in [0.717, 1.165) is 5.56 Å². The predicted octanol–water partition coefficient (Wildman–Crippen LogP) is 5.41. The number of hydrogen-bond donors (Lipinski definition) is 2. The van der Waals surface area contributed by atoms with Crippen LogP contribution in [-0.2, 0) is 0 Å². The highest BCUT2D eigenvalue weighted by Crippen LogP contribution is 2.38. The second kappa shape index (κ2) is 7.79. The number of hydrazone groups is 1. The van der Waals surface area contributed by atoms with Gasteiger partial charge in [0.2, 0.25) is 0 Å². The van der Waals surface area contributed by atoms with Gasteiger partial charge in [0.25, 0.3) is 5.91 Å². The summed E-state index contributed by atoms with van der Waals surface area (Å²) in [6, 6.07) is 6.82. The lowest BCUT2D eigenvalue weighted by Crippen LogP contribution is -2.18. The topological polar surface area (TPSA) is 61.7 Å². The van der Waals surface area contributed by atoms with Crippen molar-refractivity contribution in [1.29, 1.82) is 0 Å². The number of phenols is 1. The summed E-state index contributed by atoms with van der Waals surface area (Å²) >= 11 is 15.9. The van der Waals surface area contributed by atoms with E-state index in [-0.39, 0.29) is 5.75 Å². The van der Waals surface area contributed by atoms with Crippen LogP contribution in [0.15, 0.2) is 42.8 Å². The summed E-state index contributed by atoms with van der Waals surface area (Å²) in [4.78, 5) is 12.1. The van der Waals surface area contributed by atoms with E-state index in [1.54, 1.807) is 24.3 Å². The Morgan fingerprint density at radius 1 is 1.26 bits per heavy atom. The molecule has 0 saturated carbocycles. The Balaban J connectivity index is 2.19. The Bertz CT molecular complexity index is 810.